The highest BCUT2D eigenvalue weighted by Gasteiger charge is 2.37. The summed E-state index contributed by atoms with van der Waals surface area (Å²) in [4.78, 5) is 29.8. The van der Waals surface area contributed by atoms with Gasteiger partial charge in [0.05, 0.1) is 12.2 Å². The van der Waals surface area contributed by atoms with Gasteiger partial charge in [0.15, 0.2) is 0 Å². The summed E-state index contributed by atoms with van der Waals surface area (Å²) in [7, 11) is 0. The van der Waals surface area contributed by atoms with Crippen LogP contribution in [0.2, 0.25) is 0 Å². The van der Waals surface area contributed by atoms with Crippen LogP contribution in [0.5, 0.6) is 0 Å². The summed E-state index contributed by atoms with van der Waals surface area (Å²) in [6, 6.07) is 6.07. The zero-order valence-electron chi connectivity index (χ0n) is 12.7. The lowest BCUT2D eigenvalue weighted by Crippen LogP contribution is -2.32. The van der Waals surface area contributed by atoms with E-state index in [0.29, 0.717) is 19.4 Å². The van der Waals surface area contributed by atoms with E-state index in [1.54, 1.807) is 24.7 Å². The molecule has 0 bridgehead atoms. The molecular formula is C17H18FN3O2. The third-order valence-electron chi connectivity index (χ3n) is 4.09. The van der Waals surface area contributed by atoms with Crippen molar-refractivity contribution in [3.63, 3.8) is 0 Å². The molecule has 1 saturated heterocycles. The quantitative estimate of drug-likeness (QED) is 0.767. The summed E-state index contributed by atoms with van der Waals surface area (Å²) in [6.45, 7) is 1.15. The summed E-state index contributed by atoms with van der Waals surface area (Å²) in [5.41, 5.74) is 0.873. The Hall–Kier alpha value is -2.50. The van der Waals surface area contributed by atoms with E-state index in [1.165, 1.54) is 17.0 Å². The second-order valence-corrected chi connectivity index (χ2v) is 5.77. The highest BCUT2D eigenvalue weighted by molar-refractivity contribution is 6.03. The molecule has 0 N–H and O–H groups in total. The minimum atomic E-state index is -0.332. The number of benzene rings is 1. The number of rotatable bonds is 6. The summed E-state index contributed by atoms with van der Waals surface area (Å²) in [5.74, 6) is -0.873. The van der Waals surface area contributed by atoms with E-state index in [9.17, 15) is 14.0 Å². The Labute approximate surface area is 133 Å². The van der Waals surface area contributed by atoms with Crippen molar-refractivity contribution in [3.8, 4) is 0 Å². The maximum Gasteiger partial charge on any atom is 0.233 e. The molecule has 1 aromatic carbocycles. The molecule has 1 fully saturated rings. The van der Waals surface area contributed by atoms with Crippen molar-refractivity contribution >= 4 is 11.8 Å². The van der Waals surface area contributed by atoms with E-state index >= 15 is 0 Å². The Morgan fingerprint density at radius 2 is 1.96 bits per heavy atom. The fraction of sp³-hybridized carbons (Fsp3) is 0.353. The molecule has 2 amide bonds. The Morgan fingerprint density at radius 3 is 2.65 bits per heavy atom. The van der Waals surface area contributed by atoms with Crippen LogP contribution in [0.3, 0.4) is 0 Å². The van der Waals surface area contributed by atoms with E-state index < -0.39 is 0 Å². The number of imidazole rings is 1. The number of nitrogens with zero attached hydrogens (tertiary/aromatic N) is 3. The minimum Gasteiger partial charge on any atom is -0.337 e. The van der Waals surface area contributed by atoms with Crippen LogP contribution in [0, 0.1) is 11.7 Å². The first-order valence-corrected chi connectivity index (χ1v) is 7.68. The van der Waals surface area contributed by atoms with E-state index in [2.05, 4.69) is 4.98 Å². The van der Waals surface area contributed by atoms with E-state index in [0.717, 1.165) is 12.1 Å². The van der Waals surface area contributed by atoms with Crippen LogP contribution < -0.4 is 0 Å². The third kappa shape index (κ3) is 3.64. The van der Waals surface area contributed by atoms with Gasteiger partial charge < -0.3 is 4.57 Å². The second kappa shape index (κ2) is 6.73. The first-order chi connectivity index (χ1) is 11.1. The highest BCUT2D eigenvalue weighted by Crippen LogP contribution is 2.24. The van der Waals surface area contributed by atoms with E-state index in [1.807, 2.05) is 10.8 Å². The molecule has 5 nitrogen and oxygen atoms in total. The first kappa shape index (κ1) is 15.4. The lowest BCUT2D eigenvalue weighted by atomic mass is 9.98. The van der Waals surface area contributed by atoms with E-state index in [4.69, 9.17) is 0 Å². The number of hydrogen-bond acceptors (Lipinski definition) is 3. The van der Waals surface area contributed by atoms with E-state index in [-0.39, 0.29) is 30.0 Å². The molecule has 1 aromatic heterocycles. The van der Waals surface area contributed by atoms with Gasteiger partial charge in [-0.05, 0) is 30.5 Å². The molecule has 0 aliphatic carbocycles. The molecule has 1 aliphatic heterocycles. The Bertz CT molecular complexity index is 682. The lowest BCUT2D eigenvalue weighted by Gasteiger charge is -2.15. The Balaban J connectivity index is 1.55. The molecule has 0 saturated carbocycles. The monoisotopic (exact) mass is 315 g/mol. The Kier molecular flexibility index (Phi) is 4.50. The summed E-state index contributed by atoms with van der Waals surface area (Å²) in [5, 5.41) is 0. The van der Waals surface area contributed by atoms with Gasteiger partial charge in [-0.25, -0.2) is 9.37 Å². The van der Waals surface area contributed by atoms with Crippen molar-refractivity contribution in [3.05, 3.63) is 54.4 Å². The molecule has 120 valence electrons. The predicted octanol–water partition coefficient (Wildman–Crippen LogP) is 2.03. The fourth-order valence-electron chi connectivity index (χ4n) is 2.88. The largest absolute Gasteiger partial charge is 0.337 e. The number of aryl methyl sites for hydroxylation is 1. The molecular weight excluding hydrogens is 297 g/mol. The van der Waals surface area contributed by atoms with Crippen molar-refractivity contribution in [1.29, 1.82) is 0 Å². The predicted molar refractivity (Wildman–Crippen MR) is 81.8 cm³/mol. The maximum absolute atomic E-state index is 12.9. The number of carbonyl (C=O) groups is 2. The second-order valence-electron chi connectivity index (χ2n) is 5.77. The van der Waals surface area contributed by atoms with Gasteiger partial charge in [0.1, 0.15) is 5.82 Å². The molecule has 1 aliphatic rings. The maximum atomic E-state index is 12.9. The third-order valence-corrected chi connectivity index (χ3v) is 4.09. The average Bonchev–Trinajstić information content (AvgIpc) is 3.13. The van der Waals surface area contributed by atoms with Gasteiger partial charge in [0.25, 0.3) is 0 Å². The topological polar surface area (TPSA) is 55.2 Å². The van der Waals surface area contributed by atoms with Gasteiger partial charge in [-0.15, -0.1) is 0 Å². The van der Waals surface area contributed by atoms with Gasteiger partial charge in [0, 0.05) is 31.9 Å². The summed E-state index contributed by atoms with van der Waals surface area (Å²) < 4.78 is 14.8. The Morgan fingerprint density at radius 1 is 1.17 bits per heavy atom. The van der Waals surface area contributed by atoms with Crippen molar-refractivity contribution in [1.82, 2.24) is 14.5 Å². The average molecular weight is 315 g/mol. The van der Waals surface area contributed by atoms with Gasteiger partial charge in [-0.2, -0.15) is 0 Å². The number of imide groups is 1. The normalized spacial score (nSPS) is 18.0. The molecule has 2 aromatic rings. The molecule has 0 spiro atoms. The summed E-state index contributed by atoms with van der Waals surface area (Å²) >= 11 is 0. The number of likely N-dealkylation sites (tertiary alicyclic amines) is 1. The first-order valence-electron chi connectivity index (χ1n) is 7.68. The fourth-order valence-corrected chi connectivity index (χ4v) is 2.88. The van der Waals surface area contributed by atoms with Crippen molar-refractivity contribution in [2.45, 2.75) is 25.8 Å². The van der Waals surface area contributed by atoms with Crippen LogP contribution in [-0.2, 0) is 22.6 Å². The highest BCUT2D eigenvalue weighted by atomic mass is 19.1. The van der Waals surface area contributed by atoms with Crippen molar-refractivity contribution < 1.29 is 14.0 Å². The zero-order chi connectivity index (χ0) is 16.2. The van der Waals surface area contributed by atoms with Crippen LogP contribution in [0.15, 0.2) is 43.0 Å². The van der Waals surface area contributed by atoms with Crippen LogP contribution in [0.1, 0.15) is 18.4 Å². The zero-order valence-corrected chi connectivity index (χ0v) is 12.7. The molecule has 1 unspecified atom stereocenters. The lowest BCUT2D eigenvalue weighted by molar-refractivity contribution is -0.139. The van der Waals surface area contributed by atoms with Gasteiger partial charge >= 0.3 is 0 Å². The van der Waals surface area contributed by atoms with Crippen LogP contribution >= 0.6 is 0 Å². The minimum absolute atomic E-state index is 0.118. The SMILES string of the molecule is O=C1CC(Cc2ccc(F)cc2)C(=O)N1CCCn1ccnc1. The molecule has 0 radical (unpaired) electrons. The van der Waals surface area contributed by atoms with Crippen molar-refractivity contribution in [2.24, 2.45) is 5.92 Å². The smallest absolute Gasteiger partial charge is 0.233 e. The molecule has 6 heteroatoms. The van der Waals surface area contributed by atoms with Crippen LogP contribution in [0.4, 0.5) is 4.39 Å². The number of amides is 2. The standard InChI is InChI=1S/C17H18FN3O2/c18-15-4-2-13(3-5-15)10-14-11-16(22)21(17(14)23)8-1-7-20-9-6-19-12-20/h2-6,9,12,14H,1,7-8,10-11H2. The summed E-state index contributed by atoms with van der Waals surface area (Å²) in [6.07, 6.45) is 6.68. The molecule has 2 heterocycles. The number of carbonyl (C=O) groups excluding carboxylic acids is 2. The molecule has 1 atom stereocenters. The van der Waals surface area contributed by atoms with Gasteiger partial charge in [0.2, 0.25) is 11.8 Å². The number of halogens is 1. The van der Waals surface area contributed by atoms with Gasteiger partial charge in [-0.3, -0.25) is 14.5 Å². The van der Waals surface area contributed by atoms with Crippen LogP contribution in [0.25, 0.3) is 0 Å². The molecule has 3 rings (SSSR count). The van der Waals surface area contributed by atoms with Crippen molar-refractivity contribution in [2.75, 3.05) is 6.54 Å². The number of aromatic nitrogens is 2. The van der Waals surface area contributed by atoms with Gasteiger partial charge in [-0.1, -0.05) is 12.1 Å². The van der Waals surface area contributed by atoms with Crippen LogP contribution in [-0.4, -0.2) is 32.8 Å². The molecule has 23 heavy (non-hydrogen) atoms. The number of hydrogen-bond donors (Lipinski definition) is 0.